The number of hydrogen-bond donors (Lipinski definition) is 2. The minimum atomic E-state index is -0.277. The number of hydrazine groups is 1. The molecule has 0 radical (unpaired) electrons. The predicted octanol–water partition coefficient (Wildman–Crippen LogP) is 2.47. The minimum Gasteiger partial charge on any atom is -0.496 e. The van der Waals surface area contributed by atoms with Crippen LogP contribution in [-0.2, 0) is 11.8 Å². The van der Waals surface area contributed by atoms with Crippen LogP contribution in [0.15, 0.2) is 59.1 Å². The van der Waals surface area contributed by atoms with Gasteiger partial charge in [0.2, 0.25) is 0 Å². The Morgan fingerprint density at radius 1 is 1.43 bits per heavy atom. The first-order valence-electron chi connectivity index (χ1n) is 8.48. The number of fused-ring (bicyclic) bond motifs is 1. The van der Waals surface area contributed by atoms with Gasteiger partial charge in [0.15, 0.2) is 5.82 Å². The van der Waals surface area contributed by atoms with Gasteiger partial charge < -0.3 is 10.1 Å². The van der Waals surface area contributed by atoms with Crippen LogP contribution in [0.1, 0.15) is 0 Å². The number of hydrogen-bond acceptors (Lipinski definition) is 6. The maximum absolute atomic E-state index is 12.9. The van der Waals surface area contributed by atoms with Crippen LogP contribution < -0.4 is 15.5 Å². The van der Waals surface area contributed by atoms with E-state index in [0.717, 1.165) is 0 Å². The standard InChI is InChI=1S/C19H17ClN6O2/c1-25-11-15(17(24-25)13-9-12(20)5-6-16(13)28-2)23-19(27)14-10-22-26-8-4-3-7-21-18(14)26/h3-6,8-9,11,22H,10H2,1-2H3,(H,23,27). The number of aryl methyl sites for hydroxylation is 1. The molecule has 1 aromatic heterocycles. The van der Waals surface area contributed by atoms with Gasteiger partial charge in [-0.2, -0.15) is 10.1 Å². The first-order chi connectivity index (χ1) is 13.6. The van der Waals surface area contributed by atoms with Gasteiger partial charge in [-0.25, -0.2) is 5.43 Å². The Labute approximate surface area is 166 Å². The molecule has 1 aromatic carbocycles. The molecule has 0 saturated carbocycles. The number of anilines is 1. The van der Waals surface area contributed by atoms with Gasteiger partial charge in [-0.3, -0.25) is 14.5 Å². The smallest absolute Gasteiger partial charge is 0.256 e. The molecule has 142 valence electrons. The predicted molar refractivity (Wildman–Crippen MR) is 107 cm³/mol. The number of aliphatic imine (C=N–C) groups is 1. The lowest BCUT2D eigenvalue weighted by Crippen LogP contribution is -2.26. The summed E-state index contributed by atoms with van der Waals surface area (Å²) >= 11 is 6.16. The van der Waals surface area contributed by atoms with Crippen molar-refractivity contribution >= 4 is 29.1 Å². The lowest BCUT2D eigenvalue weighted by atomic mass is 10.1. The third kappa shape index (κ3) is 3.32. The van der Waals surface area contributed by atoms with Crippen LogP contribution in [0, 0.1) is 0 Å². The SMILES string of the molecule is COc1ccc(Cl)cc1-c1nn(C)cc1NC(=O)C1=C2N=C=CC=CN2NC1. The number of benzene rings is 1. The van der Waals surface area contributed by atoms with Crippen molar-refractivity contribution in [3.63, 3.8) is 0 Å². The second kappa shape index (κ2) is 7.36. The molecule has 2 aliphatic rings. The van der Waals surface area contributed by atoms with Gasteiger partial charge >= 0.3 is 0 Å². The lowest BCUT2D eigenvalue weighted by molar-refractivity contribution is -0.112. The molecule has 2 aliphatic heterocycles. The van der Waals surface area contributed by atoms with E-state index in [-0.39, 0.29) is 5.91 Å². The summed E-state index contributed by atoms with van der Waals surface area (Å²) in [5.41, 5.74) is 5.39. The van der Waals surface area contributed by atoms with Crippen LogP contribution in [0.3, 0.4) is 0 Å². The number of aromatic nitrogens is 2. The average molecular weight is 397 g/mol. The van der Waals surface area contributed by atoms with Crippen LogP contribution in [0.4, 0.5) is 5.69 Å². The molecule has 2 aromatic rings. The molecule has 28 heavy (non-hydrogen) atoms. The van der Waals surface area contributed by atoms with E-state index in [9.17, 15) is 4.79 Å². The van der Waals surface area contributed by atoms with Gasteiger partial charge in [-0.05, 0) is 30.1 Å². The minimum absolute atomic E-state index is 0.277. The zero-order valence-corrected chi connectivity index (χ0v) is 16.0. The van der Waals surface area contributed by atoms with E-state index in [2.05, 4.69) is 26.7 Å². The van der Waals surface area contributed by atoms with Crippen LogP contribution >= 0.6 is 11.6 Å². The van der Waals surface area contributed by atoms with Crippen LogP contribution in [0.2, 0.25) is 5.02 Å². The van der Waals surface area contributed by atoms with Gasteiger partial charge in [0, 0.05) is 42.7 Å². The monoisotopic (exact) mass is 396 g/mol. The van der Waals surface area contributed by atoms with Gasteiger partial charge in [0.25, 0.3) is 5.91 Å². The highest BCUT2D eigenvalue weighted by Gasteiger charge is 2.27. The summed E-state index contributed by atoms with van der Waals surface area (Å²) in [6.07, 6.45) is 6.97. The second-order valence-corrected chi connectivity index (χ2v) is 6.56. The number of carbonyl (C=O) groups is 1. The van der Waals surface area contributed by atoms with Crippen molar-refractivity contribution in [2.24, 2.45) is 12.0 Å². The highest BCUT2D eigenvalue weighted by molar-refractivity contribution is 6.31. The molecule has 9 heteroatoms. The Balaban J connectivity index is 1.70. The van der Waals surface area contributed by atoms with Crippen molar-refractivity contribution in [2.45, 2.75) is 0 Å². The Morgan fingerprint density at radius 3 is 3.11 bits per heavy atom. The summed E-state index contributed by atoms with van der Waals surface area (Å²) in [4.78, 5) is 17.2. The number of halogens is 1. The average Bonchev–Trinajstić information content (AvgIpc) is 3.16. The summed E-state index contributed by atoms with van der Waals surface area (Å²) in [6.45, 7) is 0.354. The molecule has 0 aliphatic carbocycles. The fourth-order valence-electron chi connectivity index (χ4n) is 3.00. The summed E-state index contributed by atoms with van der Waals surface area (Å²) in [5.74, 6) is 3.62. The summed E-state index contributed by atoms with van der Waals surface area (Å²) in [5, 5.41) is 9.64. The number of carbonyl (C=O) groups excluding carboxylic acids is 1. The first-order valence-corrected chi connectivity index (χ1v) is 8.85. The van der Waals surface area contributed by atoms with Crippen molar-refractivity contribution in [3.05, 3.63) is 59.2 Å². The highest BCUT2D eigenvalue weighted by Crippen LogP contribution is 2.36. The quantitative estimate of drug-likeness (QED) is 0.829. The van der Waals surface area contributed by atoms with E-state index >= 15 is 0 Å². The van der Waals surface area contributed by atoms with E-state index in [0.29, 0.717) is 45.7 Å². The lowest BCUT2D eigenvalue weighted by Gasteiger charge is -2.12. The van der Waals surface area contributed by atoms with Crippen molar-refractivity contribution in [1.29, 1.82) is 0 Å². The fourth-order valence-corrected chi connectivity index (χ4v) is 3.17. The number of nitrogens with zero attached hydrogens (tertiary/aromatic N) is 4. The number of ether oxygens (including phenoxy) is 1. The van der Waals surface area contributed by atoms with E-state index in [4.69, 9.17) is 16.3 Å². The molecule has 2 N–H and O–H groups in total. The Morgan fingerprint density at radius 2 is 2.29 bits per heavy atom. The van der Waals surface area contributed by atoms with Crippen LogP contribution in [-0.4, -0.2) is 40.2 Å². The van der Waals surface area contributed by atoms with Crippen LogP contribution in [0.25, 0.3) is 11.3 Å². The zero-order chi connectivity index (χ0) is 19.7. The van der Waals surface area contributed by atoms with Gasteiger partial charge in [0.1, 0.15) is 11.4 Å². The van der Waals surface area contributed by atoms with Crippen molar-refractivity contribution in [1.82, 2.24) is 20.2 Å². The molecule has 4 rings (SSSR count). The maximum Gasteiger partial charge on any atom is 0.256 e. The fraction of sp³-hybridized carbons (Fsp3) is 0.158. The summed E-state index contributed by atoms with van der Waals surface area (Å²) in [6, 6.07) is 5.26. The molecule has 0 fully saturated rings. The molecule has 0 bridgehead atoms. The number of allylic oxidation sites excluding steroid dienone is 2. The van der Waals surface area contributed by atoms with Crippen molar-refractivity contribution in [2.75, 3.05) is 19.0 Å². The second-order valence-electron chi connectivity index (χ2n) is 6.12. The third-order valence-corrected chi connectivity index (χ3v) is 4.50. The Bertz CT molecular complexity index is 1080. The van der Waals surface area contributed by atoms with Crippen LogP contribution in [0.5, 0.6) is 5.75 Å². The summed E-state index contributed by atoms with van der Waals surface area (Å²) < 4.78 is 7.05. The Kier molecular flexibility index (Phi) is 4.75. The molecule has 0 atom stereocenters. The van der Waals surface area contributed by atoms with E-state index in [1.807, 2.05) is 0 Å². The van der Waals surface area contributed by atoms with Gasteiger partial charge in [0.05, 0.1) is 18.4 Å². The van der Waals surface area contributed by atoms with E-state index in [1.165, 1.54) is 0 Å². The largest absolute Gasteiger partial charge is 0.496 e. The van der Waals surface area contributed by atoms with Crippen molar-refractivity contribution < 1.29 is 9.53 Å². The van der Waals surface area contributed by atoms with E-state index in [1.54, 1.807) is 66.6 Å². The highest BCUT2D eigenvalue weighted by atomic mass is 35.5. The first kappa shape index (κ1) is 18.1. The number of amides is 1. The molecular weight excluding hydrogens is 380 g/mol. The topological polar surface area (TPSA) is 83.8 Å². The molecule has 3 heterocycles. The maximum atomic E-state index is 12.9. The normalized spacial score (nSPS) is 15.0. The number of nitrogens with one attached hydrogen (secondary N) is 2. The molecule has 0 spiro atoms. The van der Waals surface area contributed by atoms with Gasteiger partial charge in [-0.15, -0.1) is 0 Å². The molecule has 1 amide bonds. The molecular formula is C19H17ClN6O2. The zero-order valence-electron chi connectivity index (χ0n) is 15.2. The summed E-state index contributed by atoms with van der Waals surface area (Å²) in [7, 11) is 3.35. The van der Waals surface area contributed by atoms with E-state index < -0.39 is 0 Å². The number of rotatable bonds is 4. The van der Waals surface area contributed by atoms with Gasteiger partial charge in [-0.1, -0.05) is 11.6 Å². The molecule has 0 unspecified atom stereocenters. The number of methoxy groups -OCH3 is 1. The Hall–Kier alpha value is -3.32. The molecule has 0 saturated heterocycles. The molecule has 8 nitrogen and oxygen atoms in total. The third-order valence-electron chi connectivity index (χ3n) is 4.27. The van der Waals surface area contributed by atoms with Crippen molar-refractivity contribution in [3.8, 4) is 17.0 Å².